The Morgan fingerprint density at radius 3 is 0.950 bits per heavy atom. The number of amides is 8. The predicted octanol–water partition coefficient (Wildman–Crippen LogP) is 8.74. The second-order valence-electron chi connectivity index (χ2n) is 24.7. The summed E-state index contributed by atoms with van der Waals surface area (Å²) in [5.74, 6) is -3.14. The molecule has 0 saturated carbocycles. The Labute approximate surface area is 479 Å². The highest BCUT2D eigenvalue weighted by Gasteiger charge is 2.35. The lowest BCUT2D eigenvalue weighted by molar-refractivity contribution is -0.133. The Balaban J connectivity index is 1.84. The number of hydrogen-bond acceptors (Lipinski definition) is 10. The van der Waals surface area contributed by atoms with Crippen LogP contribution in [-0.2, 0) is 51.1 Å². The molecule has 2 aromatic rings. The van der Waals surface area contributed by atoms with Crippen molar-refractivity contribution in [2.75, 3.05) is 13.1 Å². The fourth-order valence-corrected chi connectivity index (χ4v) is 8.86. The molecule has 0 saturated heterocycles. The average molecular weight is 1120 g/mol. The normalized spacial score (nSPS) is 14.0. The summed E-state index contributed by atoms with van der Waals surface area (Å²) in [5.41, 5.74) is 0.236. The van der Waals surface area contributed by atoms with Gasteiger partial charge < -0.3 is 52.0 Å². The van der Waals surface area contributed by atoms with Gasteiger partial charge in [-0.15, -0.1) is 0 Å². The van der Waals surface area contributed by atoms with Gasteiger partial charge in [0, 0.05) is 25.9 Å². The van der Waals surface area contributed by atoms with E-state index in [-0.39, 0.29) is 48.3 Å². The van der Waals surface area contributed by atoms with Crippen molar-refractivity contribution in [2.24, 2.45) is 23.7 Å². The van der Waals surface area contributed by atoms with Crippen molar-refractivity contribution in [3.63, 3.8) is 0 Å². The van der Waals surface area contributed by atoms with Gasteiger partial charge in [0.2, 0.25) is 35.4 Å². The molecule has 0 aromatic heterocycles. The van der Waals surface area contributed by atoms with Crippen LogP contribution >= 0.6 is 0 Å². The Morgan fingerprint density at radius 1 is 0.375 bits per heavy atom. The van der Waals surface area contributed by atoms with Gasteiger partial charge in [-0.3, -0.25) is 28.8 Å². The van der Waals surface area contributed by atoms with Crippen LogP contribution in [0.1, 0.15) is 185 Å². The zero-order chi connectivity index (χ0) is 60.0. The summed E-state index contributed by atoms with van der Waals surface area (Å²) < 4.78 is 10.8. The summed E-state index contributed by atoms with van der Waals surface area (Å²) in [5, 5.41) is 22.9. The molecular weight excluding hydrogens is 1020 g/mol. The first kappa shape index (κ1) is 69.9. The molecule has 8 amide bonds. The first-order valence-corrected chi connectivity index (χ1v) is 29.4. The van der Waals surface area contributed by atoms with Crippen LogP contribution in [0.15, 0.2) is 60.7 Å². The standard InChI is InChI=1S/C62H102N8O10/c1-41(2)37-47(67-59(77)79-61(9,10)11)55(73)69-51(43(5)6)57(75)65-49(39-45-31-25-23-26-32-45)53(71)63-35-29-21-19-17-15-16-18-20-22-30-36-64-54(72)50(40-46-33-27-24-28-34-46)66-58(76)52(44(7)8)70-56(74)48(38-42(3)4)68-60(78)80-62(12,13)14/h23-28,31-34,41-44,47-52H,15-22,29-30,35-40H2,1-14H3,(H,63,71)(H,64,72)(H,65,75)(H,66,76)(H,67,77)(H,68,78)(H,69,73)(H,70,74)/t47-,48-,49-,50-,51-,52-/m0/s1. The Hall–Kier alpha value is -6.20. The van der Waals surface area contributed by atoms with Crippen molar-refractivity contribution in [3.8, 4) is 0 Å². The number of ether oxygens (including phenoxy) is 2. The van der Waals surface area contributed by atoms with Crippen LogP contribution in [-0.4, -0.2) is 108 Å². The number of carbonyl (C=O) groups is 8. The van der Waals surface area contributed by atoms with E-state index in [2.05, 4.69) is 42.5 Å². The molecule has 8 N–H and O–H groups in total. The summed E-state index contributed by atoms with van der Waals surface area (Å²) in [7, 11) is 0. The van der Waals surface area contributed by atoms with Gasteiger partial charge in [0.25, 0.3) is 0 Å². The molecule has 0 aliphatic rings. The number of nitrogens with one attached hydrogen (secondary N) is 8. The molecule has 0 bridgehead atoms. The Kier molecular flexibility index (Phi) is 31.6. The van der Waals surface area contributed by atoms with Crippen molar-refractivity contribution < 1.29 is 47.8 Å². The number of benzene rings is 2. The van der Waals surface area contributed by atoms with Crippen LogP contribution < -0.4 is 42.5 Å². The molecule has 18 nitrogen and oxygen atoms in total. The highest BCUT2D eigenvalue weighted by atomic mass is 16.6. The van der Waals surface area contributed by atoms with E-state index >= 15 is 0 Å². The summed E-state index contributed by atoms with van der Waals surface area (Å²) >= 11 is 0. The Bertz CT molecular complexity index is 2040. The van der Waals surface area contributed by atoms with E-state index < -0.39 is 83.3 Å². The minimum Gasteiger partial charge on any atom is -0.444 e. The quantitative estimate of drug-likeness (QED) is 0.0305. The van der Waals surface area contributed by atoms with E-state index in [1.54, 1.807) is 41.5 Å². The highest BCUT2D eigenvalue weighted by Crippen LogP contribution is 2.16. The number of unbranched alkanes of at least 4 members (excludes halogenated alkanes) is 9. The fraction of sp³-hybridized carbons (Fsp3) is 0.677. The maximum absolute atomic E-state index is 13.9. The average Bonchev–Trinajstić information content (AvgIpc) is 3.35. The molecule has 6 atom stereocenters. The lowest BCUT2D eigenvalue weighted by Crippen LogP contribution is -2.59. The summed E-state index contributed by atoms with van der Waals surface area (Å²) in [6, 6.07) is 13.3. The fourth-order valence-electron chi connectivity index (χ4n) is 8.86. The third-order valence-electron chi connectivity index (χ3n) is 13.0. The van der Waals surface area contributed by atoms with Gasteiger partial charge in [-0.25, -0.2) is 9.59 Å². The maximum atomic E-state index is 13.9. The minimum absolute atomic E-state index is 0.0611. The van der Waals surface area contributed by atoms with Gasteiger partial charge in [0.1, 0.15) is 47.5 Å². The van der Waals surface area contributed by atoms with Gasteiger partial charge >= 0.3 is 12.2 Å². The third kappa shape index (κ3) is 30.4. The van der Waals surface area contributed by atoms with E-state index in [1.807, 2.05) is 116 Å². The molecule has 2 aromatic carbocycles. The van der Waals surface area contributed by atoms with E-state index in [9.17, 15) is 38.4 Å². The number of carbonyl (C=O) groups excluding carboxylic acids is 8. The second kappa shape index (κ2) is 36.2. The van der Waals surface area contributed by atoms with Crippen LogP contribution in [0.25, 0.3) is 0 Å². The molecule has 80 heavy (non-hydrogen) atoms. The van der Waals surface area contributed by atoms with Crippen LogP contribution in [0.2, 0.25) is 0 Å². The predicted molar refractivity (Wildman–Crippen MR) is 315 cm³/mol. The van der Waals surface area contributed by atoms with Crippen LogP contribution in [0.5, 0.6) is 0 Å². The SMILES string of the molecule is CC(C)C[C@H](NC(=O)OC(C)(C)C)C(=O)N[C@H](C(=O)N[C@@H](Cc1ccccc1)C(=O)NCCCCCCCCCCCCNC(=O)[C@H](Cc1ccccc1)NC(=O)[C@@H](NC(=O)[C@H](CC(C)C)NC(=O)OC(C)(C)C)C(C)C)C(C)C. The van der Waals surface area contributed by atoms with E-state index in [0.717, 1.165) is 75.3 Å². The van der Waals surface area contributed by atoms with Gasteiger partial charge in [-0.2, -0.15) is 0 Å². The Morgan fingerprint density at radius 2 is 0.675 bits per heavy atom. The van der Waals surface area contributed by atoms with Gasteiger partial charge in [0.15, 0.2) is 0 Å². The molecule has 0 spiro atoms. The molecule has 18 heteroatoms. The molecule has 0 radical (unpaired) electrons. The largest absolute Gasteiger partial charge is 0.444 e. The molecule has 0 fully saturated rings. The molecule has 0 aliphatic heterocycles. The van der Waals surface area contributed by atoms with Crippen LogP contribution in [0, 0.1) is 23.7 Å². The van der Waals surface area contributed by atoms with Crippen LogP contribution in [0.4, 0.5) is 9.59 Å². The van der Waals surface area contributed by atoms with Crippen molar-refractivity contribution in [1.82, 2.24) is 42.5 Å². The van der Waals surface area contributed by atoms with Gasteiger partial charge in [-0.05, 0) is 102 Å². The van der Waals surface area contributed by atoms with Crippen molar-refractivity contribution in [1.29, 1.82) is 0 Å². The molecule has 450 valence electrons. The first-order valence-electron chi connectivity index (χ1n) is 29.4. The number of alkyl carbamates (subject to hydrolysis) is 2. The van der Waals surface area contributed by atoms with Crippen molar-refractivity contribution >= 4 is 47.6 Å². The smallest absolute Gasteiger partial charge is 0.408 e. The summed E-state index contributed by atoms with van der Waals surface area (Å²) in [6.45, 7) is 26.3. The van der Waals surface area contributed by atoms with Crippen molar-refractivity contribution in [3.05, 3.63) is 71.8 Å². The molecule has 2 rings (SSSR count). The van der Waals surface area contributed by atoms with E-state index in [1.165, 1.54) is 0 Å². The lowest BCUT2D eigenvalue weighted by atomic mass is 9.99. The summed E-state index contributed by atoms with van der Waals surface area (Å²) in [4.78, 5) is 107. The van der Waals surface area contributed by atoms with Crippen molar-refractivity contribution in [2.45, 2.75) is 234 Å². The van der Waals surface area contributed by atoms with E-state index in [0.29, 0.717) is 25.9 Å². The topological polar surface area (TPSA) is 251 Å². The lowest BCUT2D eigenvalue weighted by Gasteiger charge is -2.28. The molecule has 0 aliphatic carbocycles. The zero-order valence-corrected chi connectivity index (χ0v) is 50.9. The first-order chi connectivity index (χ1) is 37.5. The highest BCUT2D eigenvalue weighted by molar-refractivity contribution is 5.95. The molecular formula is C62H102N8O10. The van der Waals surface area contributed by atoms with Gasteiger partial charge in [-0.1, -0.05) is 167 Å². The second-order valence-corrected chi connectivity index (χ2v) is 24.7. The molecule has 0 heterocycles. The summed E-state index contributed by atoms with van der Waals surface area (Å²) in [6.07, 6.45) is 9.57. The molecule has 0 unspecified atom stereocenters. The maximum Gasteiger partial charge on any atom is 0.408 e. The monoisotopic (exact) mass is 1120 g/mol. The number of hydrogen-bond donors (Lipinski definition) is 8. The minimum atomic E-state index is -0.968. The third-order valence-corrected chi connectivity index (χ3v) is 13.0. The number of rotatable bonds is 35. The zero-order valence-electron chi connectivity index (χ0n) is 50.9. The van der Waals surface area contributed by atoms with Crippen LogP contribution in [0.3, 0.4) is 0 Å². The van der Waals surface area contributed by atoms with Gasteiger partial charge in [0.05, 0.1) is 0 Å². The van der Waals surface area contributed by atoms with E-state index in [4.69, 9.17) is 9.47 Å².